The Hall–Kier alpha value is -2.44. The third kappa shape index (κ3) is 3.01. The standard InChI is InChI=1S/C14H9F4NO2/c1-21-13-5-11(12(15)6-19-13)10-4-9(14(16,17)18)3-2-8(10)7-20/h2-7H,1H3. The predicted octanol–water partition coefficient (Wildman–Crippen LogP) is 3.73. The molecule has 0 saturated carbocycles. The lowest BCUT2D eigenvalue weighted by Crippen LogP contribution is -2.06. The van der Waals surface area contributed by atoms with Crippen molar-refractivity contribution in [1.29, 1.82) is 0 Å². The van der Waals surface area contributed by atoms with Gasteiger partial charge in [0.15, 0.2) is 6.29 Å². The van der Waals surface area contributed by atoms with E-state index in [0.29, 0.717) is 6.29 Å². The quantitative estimate of drug-likeness (QED) is 0.640. The molecular formula is C14H9F4NO2. The summed E-state index contributed by atoms with van der Waals surface area (Å²) in [6, 6.07) is 3.63. The number of carbonyl (C=O) groups excluding carboxylic acids is 1. The van der Waals surface area contributed by atoms with Crippen LogP contribution in [0, 0.1) is 5.82 Å². The lowest BCUT2D eigenvalue weighted by Gasteiger charge is -2.12. The molecule has 0 amide bonds. The molecular weight excluding hydrogens is 290 g/mol. The summed E-state index contributed by atoms with van der Waals surface area (Å²) in [5.41, 5.74) is -1.39. The number of halogens is 4. The van der Waals surface area contributed by atoms with Crippen LogP contribution in [0.25, 0.3) is 11.1 Å². The Kier molecular flexibility index (Phi) is 3.93. The van der Waals surface area contributed by atoms with Gasteiger partial charge < -0.3 is 4.74 Å². The highest BCUT2D eigenvalue weighted by atomic mass is 19.4. The SMILES string of the molecule is COc1cc(-c2cc(C(F)(F)F)ccc2C=O)c(F)cn1. The Labute approximate surface area is 117 Å². The van der Waals surface area contributed by atoms with E-state index >= 15 is 0 Å². The van der Waals surface area contributed by atoms with Gasteiger partial charge in [0.05, 0.1) is 18.9 Å². The highest BCUT2D eigenvalue weighted by Crippen LogP contribution is 2.35. The molecule has 0 aliphatic carbocycles. The van der Waals surface area contributed by atoms with Crippen molar-refractivity contribution in [2.45, 2.75) is 6.18 Å². The second-order valence-electron chi connectivity index (χ2n) is 4.12. The van der Waals surface area contributed by atoms with E-state index < -0.39 is 17.6 Å². The largest absolute Gasteiger partial charge is 0.481 e. The minimum atomic E-state index is -4.59. The Morgan fingerprint density at radius 1 is 1.19 bits per heavy atom. The molecule has 7 heteroatoms. The lowest BCUT2D eigenvalue weighted by molar-refractivity contribution is -0.137. The number of rotatable bonds is 3. The van der Waals surface area contributed by atoms with Crippen LogP contribution in [0.15, 0.2) is 30.5 Å². The zero-order valence-corrected chi connectivity index (χ0v) is 10.7. The van der Waals surface area contributed by atoms with Crippen molar-refractivity contribution in [1.82, 2.24) is 4.98 Å². The smallest absolute Gasteiger partial charge is 0.416 e. The van der Waals surface area contributed by atoms with Gasteiger partial charge in [-0.15, -0.1) is 0 Å². The molecule has 0 fully saturated rings. The van der Waals surface area contributed by atoms with Crippen molar-refractivity contribution in [3.63, 3.8) is 0 Å². The first kappa shape index (κ1) is 15.0. The molecule has 0 atom stereocenters. The highest BCUT2D eigenvalue weighted by Gasteiger charge is 2.31. The van der Waals surface area contributed by atoms with Crippen molar-refractivity contribution < 1.29 is 27.1 Å². The zero-order chi connectivity index (χ0) is 15.6. The van der Waals surface area contributed by atoms with Gasteiger partial charge >= 0.3 is 6.18 Å². The Balaban J connectivity index is 2.69. The number of aromatic nitrogens is 1. The van der Waals surface area contributed by atoms with E-state index in [0.717, 1.165) is 30.5 Å². The van der Waals surface area contributed by atoms with Crippen molar-refractivity contribution in [3.8, 4) is 17.0 Å². The summed E-state index contributed by atoms with van der Waals surface area (Å²) in [6.45, 7) is 0. The minimum absolute atomic E-state index is 0.0284. The van der Waals surface area contributed by atoms with Crippen LogP contribution in [0.4, 0.5) is 17.6 Å². The van der Waals surface area contributed by atoms with E-state index in [1.54, 1.807) is 0 Å². The summed E-state index contributed by atoms with van der Waals surface area (Å²) < 4.78 is 56.9. The van der Waals surface area contributed by atoms with Crippen molar-refractivity contribution in [2.75, 3.05) is 7.11 Å². The second kappa shape index (κ2) is 5.51. The van der Waals surface area contributed by atoms with E-state index in [-0.39, 0.29) is 22.6 Å². The molecule has 110 valence electrons. The van der Waals surface area contributed by atoms with Gasteiger partial charge in [-0.05, 0) is 17.7 Å². The molecule has 0 aliphatic rings. The van der Waals surface area contributed by atoms with Gasteiger partial charge in [0.1, 0.15) is 5.82 Å². The monoisotopic (exact) mass is 299 g/mol. The third-order valence-corrected chi connectivity index (χ3v) is 2.84. The van der Waals surface area contributed by atoms with Crippen LogP contribution in [-0.4, -0.2) is 18.4 Å². The van der Waals surface area contributed by atoms with Crippen LogP contribution in [0.1, 0.15) is 15.9 Å². The van der Waals surface area contributed by atoms with Gasteiger partial charge in [0.2, 0.25) is 5.88 Å². The van der Waals surface area contributed by atoms with Crippen molar-refractivity contribution >= 4 is 6.29 Å². The molecule has 1 aromatic heterocycles. The van der Waals surface area contributed by atoms with E-state index in [9.17, 15) is 22.4 Å². The normalized spacial score (nSPS) is 11.3. The number of alkyl halides is 3. The van der Waals surface area contributed by atoms with E-state index in [2.05, 4.69) is 4.98 Å². The fraction of sp³-hybridized carbons (Fsp3) is 0.143. The fourth-order valence-corrected chi connectivity index (χ4v) is 1.81. The number of nitrogens with zero attached hydrogens (tertiary/aromatic N) is 1. The number of methoxy groups -OCH3 is 1. The van der Waals surface area contributed by atoms with Crippen LogP contribution < -0.4 is 4.74 Å². The first-order valence-corrected chi connectivity index (χ1v) is 5.73. The number of aldehydes is 1. The maximum Gasteiger partial charge on any atom is 0.416 e. The fourth-order valence-electron chi connectivity index (χ4n) is 1.81. The van der Waals surface area contributed by atoms with Crippen molar-refractivity contribution in [2.24, 2.45) is 0 Å². The topological polar surface area (TPSA) is 39.2 Å². The molecule has 0 unspecified atom stereocenters. The average molecular weight is 299 g/mol. The molecule has 2 rings (SSSR count). The van der Waals surface area contributed by atoms with E-state index in [4.69, 9.17) is 4.74 Å². The molecule has 21 heavy (non-hydrogen) atoms. The lowest BCUT2D eigenvalue weighted by atomic mass is 9.98. The summed E-state index contributed by atoms with van der Waals surface area (Å²) in [4.78, 5) is 14.6. The van der Waals surface area contributed by atoms with Crippen LogP contribution >= 0.6 is 0 Å². The molecule has 0 bridgehead atoms. The Morgan fingerprint density at radius 2 is 1.90 bits per heavy atom. The summed E-state index contributed by atoms with van der Waals surface area (Å²) in [7, 11) is 1.29. The zero-order valence-electron chi connectivity index (χ0n) is 10.7. The summed E-state index contributed by atoms with van der Waals surface area (Å²) in [6.07, 6.45) is -3.41. The first-order chi connectivity index (χ1) is 9.86. The van der Waals surface area contributed by atoms with Gasteiger partial charge in [-0.25, -0.2) is 9.37 Å². The molecule has 1 heterocycles. The summed E-state index contributed by atoms with van der Waals surface area (Å²) >= 11 is 0. The Morgan fingerprint density at radius 3 is 2.48 bits per heavy atom. The van der Waals surface area contributed by atoms with Gasteiger partial charge in [-0.3, -0.25) is 4.79 Å². The van der Waals surface area contributed by atoms with Gasteiger partial charge in [-0.1, -0.05) is 6.07 Å². The molecule has 1 aromatic carbocycles. The third-order valence-electron chi connectivity index (χ3n) is 2.84. The molecule has 0 saturated heterocycles. The predicted molar refractivity (Wildman–Crippen MR) is 66.6 cm³/mol. The number of benzene rings is 1. The van der Waals surface area contributed by atoms with E-state index in [1.807, 2.05) is 0 Å². The maximum atomic E-state index is 13.8. The summed E-state index contributed by atoms with van der Waals surface area (Å²) in [5.74, 6) is -0.820. The molecule has 0 N–H and O–H groups in total. The van der Waals surface area contributed by atoms with Crippen LogP contribution in [-0.2, 0) is 6.18 Å². The minimum Gasteiger partial charge on any atom is -0.481 e. The number of ether oxygens (including phenoxy) is 1. The maximum absolute atomic E-state index is 13.8. The second-order valence-corrected chi connectivity index (χ2v) is 4.12. The molecule has 0 radical (unpaired) electrons. The number of carbonyl (C=O) groups is 1. The number of hydrogen-bond donors (Lipinski definition) is 0. The van der Waals surface area contributed by atoms with E-state index in [1.165, 1.54) is 7.11 Å². The van der Waals surface area contributed by atoms with Crippen molar-refractivity contribution in [3.05, 3.63) is 47.4 Å². The van der Waals surface area contributed by atoms with Gasteiger partial charge in [0.25, 0.3) is 0 Å². The summed E-state index contributed by atoms with van der Waals surface area (Å²) in [5, 5.41) is 0. The number of hydrogen-bond acceptors (Lipinski definition) is 3. The van der Waals surface area contributed by atoms with Crippen LogP contribution in [0.3, 0.4) is 0 Å². The van der Waals surface area contributed by atoms with Crippen LogP contribution in [0.5, 0.6) is 5.88 Å². The van der Waals surface area contributed by atoms with Gasteiger partial charge in [0, 0.05) is 17.2 Å². The molecule has 3 nitrogen and oxygen atoms in total. The van der Waals surface area contributed by atoms with Gasteiger partial charge in [-0.2, -0.15) is 13.2 Å². The average Bonchev–Trinajstić information content (AvgIpc) is 2.46. The van der Waals surface area contributed by atoms with Crippen LogP contribution in [0.2, 0.25) is 0 Å². The first-order valence-electron chi connectivity index (χ1n) is 5.73. The highest BCUT2D eigenvalue weighted by molar-refractivity contribution is 5.88. The molecule has 0 aliphatic heterocycles. The molecule has 2 aromatic rings. The molecule has 0 spiro atoms. The Bertz CT molecular complexity index is 683. The number of pyridine rings is 1.